The lowest BCUT2D eigenvalue weighted by molar-refractivity contribution is -0.133. The van der Waals surface area contributed by atoms with Crippen LogP contribution < -0.4 is 16.8 Å². The number of hydrogen-bond donors (Lipinski definition) is 3. The Bertz CT molecular complexity index is 468. The first-order valence-corrected chi connectivity index (χ1v) is 5.83. The highest BCUT2D eigenvalue weighted by molar-refractivity contribution is 6.05. The molecule has 6 heteroatoms. The summed E-state index contributed by atoms with van der Waals surface area (Å²) in [6.07, 6.45) is 0.663. The molecule has 0 aliphatic rings. The van der Waals surface area contributed by atoms with Crippen molar-refractivity contribution in [2.75, 3.05) is 0 Å². The minimum atomic E-state index is -1.45. The lowest BCUT2D eigenvalue weighted by Gasteiger charge is -2.11. The lowest BCUT2D eigenvalue weighted by atomic mass is 10.1. The van der Waals surface area contributed by atoms with E-state index in [1.165, 1.54) is 0 Å². The van der Waals surface area contributed by atoms with Gasteiger partial charge in [-0.25, -0.2) is 0 Å². The van der Waals surface area contributed by atoms with Gasteiger partial charge < -0.3 is 16.8 Å². The average molecular weight is 263 g/mol. The van der Waals surface area contributed by atoms with Gasteiger partial charge in [0.15, 0.2) is 6.04 Å². The maximum Gasteiger partial charge on any atom is 0.249 e. The van der Waals surface area contributed by atoms with E-state index in [9.17, 15) is 14.4 Å². The monoisotopic (exact) mass is 263 g/mol. The van der Waals surface area contributed by atoms with Crippen LogP contribution in [0.15, 0.2) is 24.3 Å². The van der Waals surface area contributed by atoms with Crippen LogP contribution in [0.3, 0.4) is 0 Å². The van der Waals surface area contributed by atoms with Gasteiger partial charge in [0.2, 0.25) is 17.7 Å². The molecule has 0 aliphatic carbocycles. The molecule has 0 radical (unpaired) electrons. The third-order valence-electron chi connectivity index (χ3n) is 2.64. The van der Waals surface area contributed by atoms with Crippen LogP contribution in [0.1, 0.15) is 17.5 Å². The van der Waals surface area contributed by atoms with Crippen LogP contribution in [0.5, 0.6) is 0 Å². The predicted octanol–water partition coefficient (Wildman–Crippen LogP) is -0.617. The van der Waals surface area contributed by atoms with Crippen molar-refractivity contribution in [1.82, 2.24) is 5.32 Å². The zero-order valence-electron chi connectivity index (χ0n) is 10.7. The van der Waals surface area contributed by atoms with Crippen LogP contribution >= 0.6 is 0 Å². The van der Waals surface area contributed by atoms with Crippen molar-refractivity contribution in [2.24, 2.45) is 11.5 Å². The van der Waals surface area contributed by atoms with Gasteiger partial charge in [0.05, 0.1) is 0 Å². The average Bonchev–Trinajstić information content (AvgIpc) is 2.34. The fourth-order valence-electron chi connectivity index (χ4n) is 1.53. The Morgan fingerprint density at radius 2 is 1.63 bits per heavy atom. The van der Waals surface area contributed by atoms with E-state index in [2.05, 4.69) is 5.32 Å². The summed E-state index contributed by atoms with van der Waals surface area (Å²) in [5.74, 6) is -2.37. The maximum atomic E-state index is 11.6. The smallest absolute Gasteiger partial charge is 0.249 e. The Labute approximate surface area is 111 Å². The van der Waals surface area contributed by atoms with Crippen LogP contribution in [0.25, 0.3) is 0 Å². The largest absolute Gasteiger partial charge is 0.367 e. The summed E-state index contributed by atoms with van der Waals surface area (Å²) >= 11 is 0. The van der Waals surface area contributed by atoms with E-state index < -0.39 is 23.8 Å². The second kappa shape index (κ2) is 6.53. The number of nitrogens with two attached hydrogens (primary N) is 2. The van der Waals surface area contributed by atoms with Crippen LogP contribution in [0.4, 0.5) is 0 Å². The van der Waals surface area contributed by atoms with E-state index in [4.69, 9.17) is 11.5 Å². The Balaban J connectivity index is 2.49. The molecular weight excluding hydrogens is 246 g/mol. The number of benzene rings is 1. The van der Waals surface area contributed by atoms with Crippen molar-refractivity contribution in [3.63, 3.8) is 0 Å². The zero-order valence-corrected chi connectivity index (χ0v) is 10.7. The fourth-order valence-corrected chi connectivity index (χ4v) is 1.53. The summed E-state index contributed by atoms with van der Waals surface area (Å²) in [5, 5.41) is 2.21. The van der Waals surface area contributed by atoms with Crippen molar-refractivity contribution >= 4 is 17.7 Å². The number of primary amides is 2. The van der Waals surface area contributed by atoms with Gasteiger partial charge in [-0.3, -0.25) is 14.4 Å². The molecule has 0 atom stereocenters. The minimum Gasteiger partial charge on any atom is -0.367 e. The molecule has 0 heterocycles. The molecule has 3 amide bonds. The van der Waals surface area contributed by atoms with E-state index in [-0.39, 0.29) is 6.42 Å². The van der Waals surface area contributed by atoms with Gasteiger partial charge in [-0.05, 0) is 18.9 Å². The van der Waals surface area contributed by atoms with E-state index in [1.807, 2.05) is 31.2 Å². The molecule has 1 aromatic carbocycles. The first-order valence-electron chi connectivity index (χ1n) is 5.83. The number of hydrogen-bond acceptors (Lipinski definition) is 3. The summed E-state index contributed by atoms with van der Waals surface area (Å²) < 4.78 is 0. The number of carbonyl (C=O) groups excluding carboxylic acids is 3. The quantitative estimate of drug-likeness (QED) is 0.594. The van der Waals surface area contributed by atoms with Gasteiger partial charge in [-0.15, -0.1) is 0 Å². The molecule has 0 unspecified atom stereocenters. The van der Waals surface area contributed by atoms with E-state index in [0.717, 1.165) is 11.1 Å². The van der Waals surface area contributed by atoms with Crippen LogP contribution in [0, 0.1) is 6.92 Å². The van der Waals surface area contributed by atoms with Gasteiger partial charge in [0, 0.05) is 6.42 Å². The molecule has 102 valence electrons. The van der Waals surface area contributed by atoms with Crippen LogP contribution in [0.2, 0.25) is 0 Å². The molecule has 0 saturated carbocycles. The third kappa shape index (κ3) is 4.79. The van der Waals surface area contributed by atoms with Crippen molar-refractivity contribution in [2.45, 2.75) is 25.8 Å². The number of nitrogens with one attached hydrogen (secondary N) is 1. The van der Waals surface area contributed by atoms with Crippen molar-refractivity contribution in [1.29, 1.82) is 0 Å². The molecule has 0 aromatic heterocycles. The maximum absolute atomic E-state index is 11.6. The molecule has 0 bridgehead atoms. The molecule has 0 aliphatic heterocycles. The van der Waals surface area contributed by atoms with Gasteiger partial charge in [0.25, 0.3) is 0 Å². The predicted molar refractivity (Wildman–Crippen MR) is 69.8 cm³/mol. The SMILES string of the molecule is Cc1ccc(CCC(=O)NC(C(N)=O)C(N)=O)cc1. The fraction of sp³-hybridized carbons (Fsp3) is 0.308. The van der Waals surface area contributed by atoms with Gasteiger partial charge >= 0.3 is 0 Å². The Hall–Kier alpha value is -2.37. The van der Waals surface area contributed by atoms with E-state index in [1.54, 1.807) is 0 Å². The summed E-state index contributed by atoms with van der Waals surface area (Å²) in [6.45, 7) is 1.97. The van der Waals surface area contributed by atoms with E-state index >= 15 is 0 Å². The van der Waals surface area contributed by atoms with Gasteiger partial charge in [0.1, 0.15) is 0 Å². The highest BCUT2D eigenvalue weighted by Gasteiger charge is 2.23. The zero-order chi connectivity index (χ0) is 14.4. The Morgan fingerprint density at radius 3 is 2.11 bits per heavy atom. The molecule has 1 rings (SSSR count). The van der Waals surface area contributed by atoms with Gasteiger partial charge in [-0.1, -0.05) is 29.8 Å². The molecule has 5 N–H and O–H groups in total. The molecular formula is C13H17N3O3. The second-order valence-corrected chi connectivity index (χ2v) is 4.29. The van der Waals surface area contributed by atoms with Crippen molar-refractivity contribution in [3.8, 4) is 0 Å². The lowest BCUT2D eigenvalue weighted by Crippen LogP contribution is -2.52. The van der Waals surface area contributed by atoms with Crippen LogP contribution in [-0.4, -0.2) is 23.8 Å². The first-order chi connectivity index (χ1) is 8.90. The molecule has 1 aromatic rings. The Morgan fingerprint density at radius 1 is 1.11 bits per heavy atom. The standard InChI is InChI=1S/C13H17N3O3/c1-8-2-4-9(5-3-8)6-7-10(17)16-11(12(14)18)13(15)19/h2-5,11H,6-7H2,1H3,(H2,14,18)(H2,15,19)(H,16,17). The van der Waals surface area contributed by atoms with E-state index in [0.29, 0.717) is 6.42 Å². The summed E-state index contributed by atoms with van der Waals surface area (Å²) in [6, 6.07) is 6.28. The summed E-state index contributed by atoms with van der Waals surface area (Å²) in [5.41, 5.74) is 12.0. The first kappa shape index (κ1) is 14.7. The van der Waals surface area contributed by atoms with Gasteiger partial charge in [-0.2, -0.15) is 0 Å². The number of aryl methyl sites for hydroxylation is 2. The number of rotatable bonds is 6. The number of amides is 3. The summed E-state index contributed by atoms with van der Waals surface area (Å²) in [4.78, 5) is 33.4. The molecule has 0 spiro atoms. The van der Waals surface area contributed by atoms with Crippen molar-refractivity contribution < 1.29 is 14.4 Å². The topological polar surface area (TPSA) is 115 Å². The minimum absolute atomic E-state index is 0.153. The highest BCUT2D eigenvalue weighted by atomic mass is 16.2. The number of carbonyl (C=O) groups is 3. The van der Waals surface area contributed by atoms with Crippen molar-refractivity contribution in [3.05, 3.63) is 35.4 Å². The normalized spacial score (nSPS) is 10.2. The highest BCUT2D eigenvalue weighted by Crippen LogP contribution is 2.05. The molecule has 6 nitrogen and oxygen atoms in total. The molecule has 0 fully saturated rings. The van der Waals surface area contributed by atoms with Crippen LogP contribution in [-0.2, 0) is 20.8 Å². The third-order valence-corrected chi connectivity index (χ3v) is 2.64. The Kier molecular flexibility index (Phi) is 5.05. The summed E-state index contributed by atoms with van der Waals surface area (Å²) in [7, 11) is 0. The second-order valence-electron chi connectivity index (χ2n) is 4.29. The molecule has 0 saturated heterocycles. The molecule has 19 heavy (non-hydrogen) atoms.